The molecule has 2 aromatic heterocycles. The number of aliphatic hydroxyl groups is 6. The summed E-state index contributed by atoms with van der Waals surface area (Å²) in [7, 11) is -5.52. The van der Waals surface area contributed by atoms with Gasteiger partial charge in [-0.3, -0.25) is 9.09 Å². The summed E-state index contributed by atoms with van der Waals surface area (Å²) in [6.45, 7) is -3.35. The molecule has 7 unspecified atom stereocenters. The van der Waals surface area contributed by atoms with Gasteiger partial charge in [0.1, 0.15) is 54.6 Å². The van der Waals surface area contributed by atoms with Gasteiger partial charge in [0.2, 0.25) is 5.67 Å². The van der Waals surface area contributed by atoms with E-state index in [1.807, 2.05) is 0 Å². The zero-order valence-electron chi connectivity index (χ0n) is 21.6. The van der Waals surface area contributed by atoms with Crippen LogP contribution in [0.5, 0.6) is 0 Å². The third kappa shape index (κ3) is 6.89. The van der Waals surface area contributed by atoms with Crippen LogP contribution in [0.3, 0.4) is 0 Å². The molecule has 2 fully saturated rings. The number of nitrogens with zero attached hydrogens (tertiary/aromatic N) is 4. The standard InChI is InChI=1S/C20H28FN5O14P2S/c1-2-3-20(21)15(32)9(37-19(20)26-7-25-10-16(22)23-6-24-17(10)26)5-36-42(35,43)40-41(33,34)39-18-13(31)11(29)12(30)14(38-18)8(28)4-27/h3,6-9,11-15,18-19,27-32H,1,4-5H2,(H,33,34)(H,35,43)(H2,22,23,24)/t8-,9+,11?,12?,13?,14?,15+,18?,19+,20+,42?/m0/s1. The van der Waals surface area contributed by atoms with Gasteiger partial charge in [-0.15, -0.1) is 5.73 Å². The van der Waals surface area contributed by atoms with Crippen LogP contribution in [0, 0.1) is 0 Å². The molecular weight excluding hydrogens is 647 g/mol. The van der Waals surface area contributed by atoms with Gasteiger partial charge in [0.25, 0.3) is 0 Å². The Bertz CT molecular complexity index is 1470. The minimum atomic E-state index is -5.52. The van der Waals surface area contributed by atoms with E-state index < -0.39 is 88.7 Å². The third-order valence-corrected chi connectivity index (χ3v) is 9.99. The second kappa shape index (κ2) is 12.9. The number of halogens is 1. The van der Waals surface area contributed by atoms with Crippen LogP contribution in [0.25, 0.3) is 11.2 Å². The number of hydrogen-bond donors (Lipinski definition) is 9. The van der Waals surface area contributed by atoms with E-state index in [0.717, 1.165) is 23.3 Å². The Balaban J connectivity index is 1.46. The molecule has 240 valence electrons. The monoisotopic (exact) mass is 675 g/mol. The van der Waals surface area contributed by atoms with Crippen molar-refractivity contribution in [3.05, 3.63) is 31.0 Å². The molecular formula is C20H28FN5O14P2S. The summed E-state index contributed by atoms with van der Waals surface area (Å²) >= 11 is 4.72. The molecule has 0 saturated carbocycles. The van der Waals surface area contributed by atoms with Gasteiger partial charge in [0, 0.05) is 6.08 Å². The second-order valence-corrected chi connectivity index (χ2v) is 13.7. The number of aromatic nitrogens is 4. The lowest BCUT2D eigenvalue weighted by molar-refractivity contribution is -0.292. The van der Waals surface area contributed by atoms with E-state index in [9.17, 15) is 39.9 Å². The normalized spacial score (nSPS) is 36.5. The van der Waals surface area contributed by atoms with Crippen molar-refractivity contribution in [2.45, 2.75) is 60.9 Å². The number of phosphoric ester groups is 1. The fourth-order valence-corrected chi connectivity index (χ4v) is 7.49. The number of fused-ring (bicyclic) bond motifs is 1. The van der Waals surface area contributed by atoms with Crippen molar-refractivity contribution in [3.8, 4) is 0 Å². The van der Waals surface area contributed by atoms with Crippen LogP contribution >= 0.6 is 14.5 Å². The van der Waals surface area contributed by atoms with Crippen molar-refractivity contribution in [2.24, 2.45) is 0 Å². The summed E-state index contributed by atoms with van der Waals surface area (Å²) in [6.07, 6.45) is -14.3. The summed E-state index contributed by atoms with van der Waals surface area (Å²) < 4.78 is 54.6. The molecule has 12 atom stereocenters. The molecule has 0 aromatic carbocycles. The molecule has 0 bridgehead atoms. The average Bonchev–Trinajstić information content (AvgIpc) is 3.46. The zero-order chi connectivity index (χ0) is 31.9. The van der Waals surface area contributed by atoms with Crippen LogP contribution < -0.4 is 5.73 Å². The molecule has 23 heteroatoms. The topological polar surface area (TPSA) is 295 Å². The minimum absolute atomic E-state index is 0.0170. The summed E-state index contributed by atoms with van der Waals surface area (Å²) in [5, 5.41) is 59.6. The molecule has 43 heavy (non-hydrogen) atoms. The van der Waals surface area contributed by atoms with Gasteiger partial charge in [0.05, 0.1) is 19.5 Å². The highest BCUT2D eigenvalue weighted by Gasteiger charge is 2.58. The van der Waals surface area contributed by atoms with Gasteiger partial charge in [0.15, 0.2) is 24.0 Å². The molecule has 10 N–H and O–H groups in total. The molecule has 2 aliphatic heterocycles. The van der Waals surface area contributed by atoms with Crippen LogP contribution in [-0.4, -0.2) is 128 Å². The van der Waals surface area contributed by atoms with E-state index in [1.165, 1.54) is 0 Å². The summed E-state index contributed by atoms with van der Waals surface area (Å²) in [5.41, 5.74) is 5.41. The van der Waals surface area contributed by atoms with Crippen molar-refractivity contribution in [3.63, 3.8) is 0 Å². The maximum atomic E-state index is 16.1. The molecule has 4 heterocycles. The predicted molar refractivity (Wildman–Crippen MR) is 141 cm³/mol. The molecule has 0 spiro atoms. The highest BCUT2D eigenvalue weighted by Crippen LogP contribution is 2.62. The van der Waals surface area contributed by atoms with Crippen molar-refractivity contribution in [1.29, 1.82) is 0 Å². The van der Waals surface area contributed by atoms with Crippen LogP contribution in [0.2, 0.25) is 0 Å². The Kier molecular flexibility index (Phi) is 10.2. The molecule has 4 rings (SSSR count). The first kappa shape index (κ1) is 34.0. The fourth-order valence-electron chi connectivity index (χ4n) is 4.39. The highest BCUT2D eigenvalue weighted by molar-refractivity contribution is 8.08. The van der Waals surface area contributed by atoms with Gasteiger partial charge in [-0.1, -0.05) is 6.58 Å². The van der Waals surface area contributed by atoms with Gasteiger partial charge in [-0.05, 0) is 11.8 Å². The number of nitrogen functional groups attached to an aromatic ring is 1. The first-order valence-corrected chi connectivity index (χ1v) is 16.1. The Morgan fingerprint density at radius 1 is 1.23 bits per heavy atom. The number of phosphoric acid groups is 1. The van der Waals surface area contributed by atoms with E-state index in [1.54, 1.807) is 0 Å². The molecule has 19 nitrogen and oxygen atoms in total. The Labute approximate surface area is 246 Å². The first-order chi connectivity index (χ1) is 20.0. The maximum Gasteiger partial charge on any atom is 0.481 e. The second-order valence-electron chi connectivity index (χ2n) is 9.34. The molecule has 2 aromatic rings. The molecule has 0 aliphatic carbocycles. The minimum Gasteiger partial charge on any atom is -0.394 e. The molecule has 0 amide bonds. The van der Waals surface area contributed by atoms with Gasteiger partial charge in [-0.2, -0.15) is 0 Å². The fraction of sp³-hybridized carbons (Fsp3) is 0.600. The number of anilines is 1. The van der Waals surface area contributed by atoms with Crippen LogP contribution in [0.4, 0.5) is 10.2 Å². The van der Waals surface area contributed by atoms with Crippen molar-refractivity contribution < 1.29 is 72.2 Å². The number of imidazole rings is 1. The molecule has 0 radical (unpaired) electrons. The third-order valence-electron chi connectivity index (χ3n) is 6.47. The smallest absolute Gasteiger partial charge is 0.394 e. The lowest BCUT2D eigenvalue weighted by atomic mass is 9.96. The molecule has 2 aliphatic rings. The quantitative estimate of drug-likeness (QED) is 0.0861. The summed E-state index contributed by atoms with van der Waals surface area (Å²) in [4.78, 5) is 32.4. The number of alkyl halides is 1. The predicted octanol–water partition coefficient (Wildman–Crippen LogP) is -2.76. The summed E-state index contributed by atoms with van der Waals surface area (Å²) in [5.74, 6) is -0.0170. The Morgan fingerprint density at radius 2 is 1.93 bits per heavy atom. The average molecular weight is 675 g/mol. The SMILES string of the molecule is C=C=C[C@@]1(F)[C@H](O)[C@@H](COP(O)(=S)OP(=O)(O)OC2OC([C@@H](O)CO)C(O)C(O)C2O)O[C@H]1n1cnc2c(N)ncnc21. The van der Waals surface area contributed by atoms with Crippen molar-refractivity contribution in [2.75, 3.05) is 18.9 Å². The lowest BCUT2D eigenvalue weighted by Crippen LogP contribution is -2.61. The number of ether oxygens (including phenoxy) is 2. The Morgan fingerprint density at radius 3 is 2.58 bits per heavy atom. The van der Waals surface area contributed by atoms with Crippen molar-refractivity contribution >= 4 is 43.3 Å². The number of hydrogen-bond acceptors (Lipinski definition) is 17. The van der Waals surface area contributed by atoms with Crippen LogP contribution in [-0.2, 0) is 39.2 Å². The van der Waals surface area contributed by atoms with E-state index in [2.05, 4.69) is 36.1 Å². The van der Waals surface area contributed by atoms with E-state index in [-0.39, 0.29) is 17.0 Å². The van der Waals surface area contributed by atoms with Crippen LogP contribution in [0.1, 0.15) is 6.23 Å². The number of rotatable bonds is 11. The maximum absolute atomic E-state index is 16.1. The number of aliphatic hydroxyl groups excluding tert-OH is 6. The molecule has 2 saturated heterocycles. The van der Waals surface area contributed by atoms with E-state index >= 15 is 4.39 Å². The zero-order valence-corrected chi connectivity index (χ0v) is 24.2. The lowest BCUT2D eigenvalue weighted by Gasteiger charge is -2.41. The largest absolute Gasteiger partial charge is 0.481 e. The highest BCUT2D eigenvalue weighted by atomic mass is 32.5. The van der Waals surface area contributed by atoms with Gasteiger partial charge < -0.3 is 60.2 Å². The summed E-state index contributed by atoms with van der Waals surface area (Å²) in [6, 6.07) is 0. The van der Waals surface area contributed by atoms with Gasteiger partial charge in [-0.25, -0.2) is 28.2 Å². The van der Waals surface area contributed by atoms with Crippen LogP contribution in [0.15, 0.2) is 31.0 Å². The Hall–Kier alpha value is -1.84. The number of nitrogens with two attached hydrogens (primary N) is 1. The van der Waals surface area contributed by atoms with Crippen molar-refractivity contribution in [1.82, 2.24) is 19.5 Å². The van der Waals surface area contributed by atoms with E-state index in [4.69, 9.17) is 36.6 Å². The first-order valence-electron chi connectivity index (χ1n) is 12.1. The van der Waals surface area contributed by atoms with Gasteiger partial charge >= 0.3 is 14.5 Å². The van der Waals surface area contributed by atoms with E-state index in [0.29, 0.717) is 0 Å².